The van der Waals surface area contributed by atoms with Gasteiger partial charge in [-0.25, -0.2) is 0 Å². The van der Waals surface area contributed by atoms with Crippen molar-refractivity contribution in [3.63, 3.8) is 0 Å². The first-order valence-corrected chi connectivity index (χ1v) is 3.62. The summed E-state index contributed by atoms with van der Waals surface area (Å²) in [6.07, 6.45) is 4.82. The number of hydrogen-bond donors (Lipinski definition) is 1. The van der Waals surface area contributed by atoms with Gasteiger partial charge in [-0.1, -0.05) is 6.08 Å². The van der Waals surface area contributed by atoms with E-state index in [9.17, 15) is 4.79 Å². The molecule has 0 aliphatic carbocycles. The third kappa shape index (κ3) is 1.95. The molecule has 0 aliphatic heterocycles. The highest BCUT2D eigenvalue weighted by Crippen LogP contribution is 1.94. The van der Waals surface area contributed by atoms with Crippen LogP contribution in [0.4, 0.5) is 0 Å². The van der Waals surface area contributed by atoms with Crippen LogP contribution in [0.15, 0.2) is 25.0 Å². The minimum Gasteiger partial charge on any atom is -0.348 e. The summed E-state index contributed by atoms with van der Waals surface area (Å²) in [6, 6.07) is 0. The van der Waals surface area contributed by atoms with E-state index in [2.05, 4.69) is 17.0 Å². The van der Waals surface area contributed by atoms with Gasteiger partial charge in [-0.05, 0) is 0 Å². The van der Waals surface area contributed by atoms with Gasteiger partial charge in [0.25, 0.3) is 5.91 Å². The van der Waals surface area contributed by atoms with Gasteiger partial charge < -0.3 is 5.32 Å². The molecule has 1 aromatic heterocycles. The van der Waals surface area contributed by atoms with Gasteiger partial charge in [-0.15, -0.1) is 6.58 Å². The summed E-state index contributed by atoms with van der Waals surface area (Å²) in [5.74, 6) is -0.122. The van der Waals surface area contributed by atoms with E-state index in [1.54, 1.807) is 24.0 Å². The van der Waals surface area contributed by atoms with E-state index < -0.39 is 0 Å². The fourth-order valence-electron chi connectivity index (χ4n) is 0.805. The van der Waals surface area contributed by atoms with Crippen molar-refractivity contribution in [1.29, 1.82) is 0 Å². The zero-order valence-corrected chi connectivity index (χ0v) is 6.95. The Morgan fingerprint density at radius 1 is 1.92 bits per heavy atom. The molecule has 0 unspecified atom stereocenters. The van der Waals surface area contributed by atoms with E-state index in [4.69, 9.17) is 0 Å². The number of hydrogen-bond acceptors (Lipinski definition) is 2. The lowest BCUT2D eigenvalue weighted by molar-refractivity contribution is 0.0958. The Hall–Kier alpha value is -1.58. The van der Waals surface area contributed by atoms with Crippen LogP contribution < -0.4 is 5.32 Å². The number of rotatable bonds is 3. The zero-order valence-electron chi connectivity index (χ0n) is 6.95. The van der Waals surface area contributed by atoms with Gasteiger partial charge in [0.05, 0.1) is 11.8 Å². The molecule has 4 nitrogen and oxygen atoms in total. The summed E-state index contributed by atoms with van der Waals surface area (Å²) >= 11 is 0. The highest BCUT2D eigenvalue weighted by Gasteiger charge is 2.04. The van der Waals surface area contributed by atoms with Crippen molar-refractivity contribution >= 4 is 5.91 Å². The van der Waals surface area contributed by atoms with Gasteiger partial charge in [0.15, 0.2) is 0 Å². The maximum absolute atomic E-state index is 11.2. The number of nitrogens with zero attached hydrogens (tertiary/aromatic N) is 2. The minimum absolute atomic E-state index is 0.122. The van der Waals surface area contributed by atoms with Crippen molar-refractivity contribution in [2.45, 2.75) is 0 Å². The summed E-state index contributed by atoms with van der Waals surface area (Å²) in [5.41, 5.74) is 0.569. The number of aromatic nitrogens is 2. The summed E-state index contributed by atoms with van der Waals surface area (Å²) < 4.78 is 1.59. The molecule has 4 heteroatoms. The molecule has 0 radical (unpaired) electrons. The van der Waals surface area contributed by atoms with Crippen LogP contribution in [-0.4, -0.2) is 22.2 Å². The molecule has 64 valence electrons. The van der Waals surface area contributed by atoms with Crippen LogP contribution in [-0.2, 0) is 7.05 Å². The second kappa shape index (κ2) is 3.71. The Bertz CT molecular complexity index is 290. The third-order valence-corrected chi connectivity index (χ3v) is 1.37. The lowest BCUT2D eigenvalue weighted by Crippen LogP contribution is -2.22. The van der Waals surface area contributed by atoms with Gasteiger partial charge in [0.1, 0.15) is 0 Å². The summed E-state index contributed by atoms with van der Waals surface area (Å²) in [6.45, 7) is 3.98. The fourth-order valence-corrected chi connectivity index (χ4v) is 0.805. The molecular formula is C8H11N3O. The third-order valence-electron chi connectivity index (χ3n) is 1.37. The van der Waals surface area contributed by atoms with Crippen molar-refractivity contribution in [3.8, 4) is 0 Å². The van der Waals surface area contributed by atoms with Crippen LogP contribution in [0.5, 0.6) is 0 Å². The number of aryl methyl sites for hydroxylation is 1. The number of carbonyl (C=O) groups is 1. The molecule has 0 saturated heterocycles. The topological polar surface area (TPSA) is 46.9 Å². The molecule has 1 amide bonds. The quantitative estimate of drug-likeness (QED) is 0.656. The van der Waals surface area contributed by atoms with Crippen LogP contribution in [0.1, 0.15) is 10.4 Å². The van der Waals surface area contributed by atoms with Crippen molar-refractivity contribution in [2.24, 2.45) is 7.05 Å². The van der Waals surface area contributed by atoms with Crippen LogP contribution in [0.25, 0.3) is 0 Å². The molecule has 1 heterocycles. The maximum Gasteiger partial charge on any atom is 0.254 e. The summed E-state index contributed by atoms with van der Waals surface area (Å²) in [5, 5.41) is 6.53. The van der Waals surface area contributed by atoms with Gasteiger partial charge >= 0.3 is 0 Å². The molecular weight excluding hydrogens is 154 g/mol. The Balaban J connectivity index is 2.59. The molecule has 0 atom stereocenters. The second-order valence-electron chi connectivity index (χ2n) is 2.40. The van der Waals surface area contributed by atoms with Gasteiger partial charge in [0, 0.05) is 19.8 Å². The zero-order chi connectivity index (χ0) is 8.97. The lowest BCUT2D eigenvalue weighted by atomic mass is 10.3. The van der Waals surface area contributed by atoms with Gasteiger partial charge in [0.2, 0.25) is 0 Å². The number of amides is 1. The lowest BCUT2D eigenvalue weighted by Gasteiger charge is -1.96. The predicted molar refractivity (Wildman–Crippen MR) is 45.7 cm³/mol. The molecule has 0 saturated carbocycles. The van der Waals surface area contributed by atoms with Crippen molar-refractivity contribution < 1.29 is 4.79 Å². The molecule has 12 heavy (non-hydrogen) atoms. The number of nitrogens with one attached hydrogen (secondary N) is 1. The first-order chi connectivity index (χ1) is 5.74. The van der Waals surface area contributed by atoms with Crippen molar-refractivity contribution in [2.75, 3.05) is 6.54 Å². The SMILES string of the molecule is C=CCNC(=O)c1cnn(C)c1. The molecule has 1 rings (SSSR count). The Morgan fingerprint density at radius 3 is 3.17 bits per heavy atom. The van der Waals surface area contributed by atoms with Crippen LogP contribution in [0.2, 0.25) is 0 Å². The van der Waals surface area contributed by atoms with E-state index in [1.165, 1.54) is 6.20 Å². The average Bonchev–Trinajstić information content (AvgIpc) is 2.47. The molecule has 0 aromatic carbocycles. The Morgan fingerprint density at radius 2 is 2.67 bits per heavy atom. The molecule has 0 aliphatic rings. The Labute approximate surface area is 70.9 Å². The predicted octanol–water partition coefficient (Wildman–Crippen LogP) is 0.336. The largest absolute Gasteiger partial charge is 0.348 e. The van der Waals surface area contributed by atoms with E-state index in [0.29, 0.717) is 12.1 Å². The van der Waals surface area contributed by atoms with E-state index in [-0.39, 0.29) is 5.91 Å². The molecule has 0 fully saturated rings. The average molecular weight is 165 g/mol. The van der Waals surface area contributed by atoms with Gasteiger partial charge in [-0.2, -0.15) is 5.10 Å². The maximum atomic E-state index is 11.2. The fraction of sp³-hybridized carbons (Fsp3) is 0.250. The highest BCUT2D eigenvalue weighted by atomic mass is 16.1. The molecule has 1 aromatic rings. The highest BCUT2D eigenvalue weighted by molar-refractivity contribution is 5.93. The summed E-state index contributed by atoms with van der Waals surface area (Å²) in [4.78, 5) is 11.2. The van der Waals surface area contributed by atoms with E-state index in [0.717, 1.165) is 0 Å². The van der Waals surface area contributed by atoms with E-state index in [1.807, 2.05) is 0 Å². The molecule has 0 bridgehead atoms. The van der Waals surface area contributed by atoms with Crippen LogP contribution in [0.3, 0.4) is 0 Å². The minimum atomic E-state index is -0.122. The van der Waals surface area contributed by atoms with Gasteiger partial charge in [-0.3, -0.25) is 9.48 Å². The normalized spacial score (nSPS) is 9.42. The molecule has 0 spiro atoms. The monoisotopic (exact) mass is 165 g/mol. The second-order valence-corrected chi connectivity index (χ2v) is 2.40. The Kier molecular flexibility index (Phi) is 2.63. The number of carbonyl (C=O) groups excluding carboxylic acids is 1. The molecule has 1 N–H and O–H groups in total. The van der Waals surface area contributed by atoms with E-state index >= 15 is 0 Å². The first-order valence-electron chi connectivity index (χ1n) is 3.62. The van der Waals surface area contributed by atoms with Crippen LogP contribution in [0, 0.1) is 0 Å². The van der Waals surface area contributed by atoms with Crippen LogP contribution >= 0.6 is 0 Å². The van der Waals surface area contributed by atoms with Crippen molar-refractivity contribution in [3.05, 3.63) is 30.6 Å². The first kappa shape index (κ1) is 8.52. The summed E-state index contributed by atoms with van der Waals surface area (Å²) in [7, 11) is 1.77. The smallest absolute Gasteiger partial charge is 0.254 e. The standard InChI is InChI=1S/C8H11N3O/c1-3-4-9-8(12)7-5-10-11(2)6-7/h3,5-6H,1,4H2,2H3,(H,9,12). The van der Waals surface area contributed by atoms with Crippen molar-refractivity contribution in [1.82, 2.24) is 15.1 Å².